The fourth-order valence-electron chi connectivity index (χ4n) is 4.57. The van der Waals surface area contributed by atoms with E-state index in [1.165, 1.54) is 6.07 Å². The Balaban J connectivity index is 1.41. The molecule has 1 aromatic heterocycles. The average Bonchev–Trinajstić information content (AvgIpc) is 2.97. The summed E-state index contributed by atoms with van der Waals surface area (Å²) in [6.07, 6.45) is -2.92. The molecule has 1 aliphatic heterocycles. The van der Waals surface area contributed by atoms with Gasteiger partial charge in [0.25, 0.3) is 5.91 Å². The molecule has 40 heavy (non-hydrogen) atoms. The Morgan fingerprint density at radius 2 is 1.80 bits per heavy atom. The first kappa shape index (κ1) is 27.2. The van der Waals surface area contributed by atoms with Crippen molar-refractivity contribution < 1.29 is 38.4 Å². The predicted octanol–water partition coefficient (Wildman–Crippen LogP) is 3.88. The number of aryl methyl sites for hydroxylation is 1. The van der Waals surface area contributed by atoms with Crippen molar-refractivity contribution in [2.45, 2.75) is 31.8 Å². The van der Waals surface area contributed by atoms with Gasteiger partial charge in [-0.25, -0.2) is 4.79 Å². The normalized spacial score (nSPS) is 18.8. The standard InChI is InChI=1S/C30H29NO9/c1-16-24(39-30-26(33)23(32)11-12-38-30)9-7-18-15-22(29(35)40-27(16)18)31-28(34)19-8-10-25(37-3)21(14-19)17-5-4-6-20(13-17)36-2/h4-10,13-15,23,26,30,32-33H,11-12H2,1-3H3,(H,31,34)/t23-,26-,30-/m1/s1. The first-order valence-corrected chi connectivity index (χ1v) is 12.6. The first-order chi connectivity index (χ1) is 19.3. The Kier molecular flexibility index (Phi) is 7.74. The van der Waals surface area contributed by atoms with Crippen LogP contribution in [0.25, 0.3) is 22.1 Å². The van der Waals surface area contributed by atoms with Crippen LogP contribution in [0.15, 0.2) is 69.9 Å². The highest BCUT2D eigenvalue weighted by Crippen LogP contribution is 2.34. The van der Waals surface area contributed by atoms with Gasteiger partial charge in [-0.05, 0) is 67.4 Å². The number of aliphatic hydroxyl groups excluding tert-OH is 2. The van der Waals surface area contributed by atoms with E-state index in [9.17, 15) is 19.8 Å². The topological polar surface area (TPSA) is 137 Å². The van der Waals surface area contributed by atoms with Gasteiger partial charge < -0.3 is 38.9 Å². The van der Waals surface area contributed by atoms with Crippen molar-refractivity contribution in [1.29, 1.82) is 0 Å². The molecule has 4 aromatic rings. The van der Waals surface area contributed by atoms with Gasteiger partial charge in [0.15, 0.2) is 0 Å². The first-order valence-electron chi connectivity index (χ1n) is 12.6. The number of carbonyl (C=O) groups is 1. The number of nitrogens with one attached hydrogen (secondary N) is 1. The van der Waals surface area contributed by atoms with Crippen molar-refractivity contribution in [3.63, 3.8) is 0 Å². The number of benzene rings is 3. The second-order valence-corrected chi connectivity index (χ2v) is 9.36. The number of aliphatic hydroxyl groups is 2. The lowest BCUT2D eigenvalue weighted by Crippen LogP contribution is -2.47. The number of anilines is 1. The maximum absolute atomic E-state index is 13.2. The van der Waals surface area contributed by atoms with Crippen molar-refractivity contribution >= 4 is 22.6 Å². The van der Waals surface area contributed by atoms with Gasteiger partial charge in [-0.15, -0.1) is 0 Å². The molecule has 0 aliphatic carbocycles. The number of rotatable bonds is 7. The Labute approximate surface area is 229 Å². The van der Waals surface area contributed by atoms with E-state index in [-0.39, 0.29) is 17.9 Å². The summed E-state index contributed by atoms with van der Waals surface area (Å²) in [5, 5.41) is 23.3. The molecule has 1 amide bonds. The molecule has 1 fully saturated rings. The van der Waals surface area contributed by atoms with Crippen LogP contribution < -0.4 is 25.2 Å². The summed E-state index contributed by atoms with van der Waals surface area (Å²) in [6.45, 7) is 1.94. The van der Waals surface area contributed by atoms with Crippen LogP contribution in [0.5, 0.6) is 17.2 Å². The number of hydrogen-bond donors (Lipinski definition) is 3. The van der Waals surface area contributed by atoms with Crippen LogP contribution in [0.2, 0.25) is 0 Å². The van der Waals surface area contributed by atoms with Gasteiger partial charge in [0.05, 0.1) is 26.9 Å². The van der Waals surface area contributed by atoms with Crippen LogP contribution in [0.1, 0.15) is 22.3 Å². The van der Waals surface area contributed by atoms with E-state index < -0.39 is 30.0 Å². The third-order valence-corrected chi connectivity index (χ3v) is 6.80. The van der Waals surface area contributed by atoms with Crippen molar-refractivity contribution in [2.75, 3.05) is 26.1 Å². The van der Waals surface area contributed by atoms with Gasteiger partial charge >= 0.3 is 5.63 Å². The molecule has 5 rings (SSSR count). The third-order valence-electron chi connectivity index (χ3n) is 6.80. The van der Waals surface area contributed by atoms with E-state index in [0.29, 0.717) is 45.7 Å². The lowest BCUT2D eigenvalue weighted by molar-refractivity contribution is -0.207. The highest BCUT2D eigenvalue weighted by molar-refractivity contribution is 6.05. The molecule has 10 heteroatoms. The molecule has 0 unspecified atom stereocenters. The van der Waals surface area contributed by atoms with E-state index in [4.69, 9.17) is 23.4 Å². The average molecular weight is 548 g/mol. The number of carbonyl (C=O) groups excluding carboxylic acids is 1. The van der Waals surface area contributed by atoms with Crippen molar-refractivity contribution in [1.82, 2.24) is 0 Å². The minimum atomic E-state index is -1.21. The summed E-state index contributed by atoms with van der Waals surface area (Å²) in [4.78, 5) is 26.0. The zero-order chi connectivity index (χ0) is 28.4. The molecule has 2 heterocycles. The highest BCUT2D eigenvalue weighted by atomic mass is 16.7. The van der Waals surface area contributed by atoms with Crippen LogP contribution in [-0.2, 0) is 4.74 Å². The lowest BCUT2D eigenvalue weighted by atomic mass is 10.0. The van der Waals surface area contributed by atoms with Gasteiger partial charge in [0, 0.05) is 22.1 Å². The van der Waals surface area contributed by atoms with E-state index >= 15 is 0 Å². The minimum Gasteiger partial charge on any atom is -0.497 e. The van der Waals surface area contributed by atoms with Gasteiger partial charge in [-0.1, -0.05) is 12.1 Å². The summed E-state index contributed by atoms with van der Waals surface area (Å²) in [5.74, 6) is 1.06. The molecule has 208 valence electrons. The Bertz CT molecular complexity index is 1610. The summed E-state index contributed by atoms with van der Waals surface area (Å²) in [7, 11) is 3.12. The molecule has 3 atom stereocenters. The highest BCUT2D eigenvalue weighted by Gasteiger charge is 2.33. The fraction of sp³-hybridized carbons (Fsp3) is 0.267. The maximum atomic E-state index is 13.2. The Morgan fingerprint density at radius 3 is 2.58 bits per heavy atom. The largest absolute Gasteiger partial charge is 0.497 e. The quantitative estimate of drug-likeness (QED) is 0.294. The zero-order valence-electron chi connectivity index (χ0n) is 22.2. The number of ether oxygens (including phenoxy) is 4. The van der Waals surface area contributed by atoms with Crippen molar-refractivity contribution in [2.24, 2.45) is 0 Å². The van der Waals surface area contributed by atoms with Crippen LogP contribution in [0.3, 0.4) is 0 Å². The van der Waals surface area contributed by atoms with Gasteiger partial charge in [-0.2, -0.15) is 0 Å². The molecule has 1 aliphatic rings. The molecule has 0 spiro atoms. The molecule has 3 aromatic carbocycles. The van der Waals surface area contributed by atoms with Crippen molar-refractivity contribution in [3.05, 3.63) is 82.2 Å². The fourth-order valence-corrected chi connectivity index (χ4v) is 4.57. The SMILES string of the molecule is COc1cccc(-c2cc(C(=O)Nc3cc4ccc(O[C@H]5OCC[C@@H](O)[C@H]5O)c(C)c4oc3=O)ccc2OC)c1. The maximum Gasteiger partial charge on any atom is 0.360 e. The zero-order valence-corrected chi connectivity index (χ0v) is 22.2. The summed E-state index contributed by atoms with van der Waals surface area (Å²) < 4.78 is 27.6. The second kappa shape index (κ2) is 11.4. The molecule has 0 radical (unpaired) electrons. The molecular formula is C30H29NO9. The van der Waals surface area contributed by atoms with Gasteiger partial charge in [-0.3, -0.25) is 4.79 Å². The smallest absolute Gasteiger partial charge is 0.360 e. The van der Waals surface area contributed by atoms with Gasteiger partial charge in [0.1, 0.15) is 34.6 Å². The van der Waals surface area contributed by atoms with Crippen LogP contribution in [0, 0.1) is 6.92 Å². The summed E-state index contributed by atoms with van der Waals surface area (Å²) in [6, 6.07) is 17.2. The molecular weight excluding hydrogens is 518 g/mol. The third kappa shape index (κ3) is 5.37. The van der Waals surface area contributed by atoms with E-state index in [0.717, 1.165) is 5.56 Å². The Morgan fingerprint density at radius 1 is 1.00 bits per heavy atom. The van der Waals surface area contributed by atoms with E-state index in [2.05, 4.69) is 5.32 Å². The van der Waals surface area contributed by atoms with Crippen LogP contribution in [0.4, 0.5) is 5.69 Å². The number of hydrogen-bond acceptors (Lipinski definition) is 9. The second-order valence-electron chi connectivity index (χ2n) is 9.36. The molecule has 1 saturated heterocycles. The number of methoxy groups -OCH3 is 2. The predicted molar refractivity (Wildman–Crippen MR) is 147 cm³/mol. The monoisotopic (exact) mass is 547 g/mol. The molecule has 0 bridgehead atoms. The minimum absolute atomic E-state index is 0.0292. The van der Waals surface area contributed by atoms with Gasteiger partial charge in [0.2, 0.25) is 6.29 Å². The lowest BCUT2D eigenvalue weighted by Gasteiger charge is -2.32. The number of fused-ring (bicyclic) bond motifs is 1. The van der Waals surface area contributed by atoms with E-state index in [1.807, 2.05) is 24.3 Å². The summed E-state index contributed by atoms with van der Waals surface area (Å²) in [5.41, 5.74) is 1.78. The molecule has 0 saturated carbocycles. The molecule has 3 N–H and O–H groups in total. The van der Waals surface area contributed by atoms with Crippen molar-refractivity contribution in [3.8, 4) is 28.4 Å². The van der Waals surface area contributed by atoms with Crippen LogP contribution in [-0.4, -0.2) is 55.4 Å². The van der Waals surface area contributed by atoms with Crippen LogP contribution >= 0.6 is 0 Å². The summed E-state index contributed by atoms with van der Waals surface area (Å²) >= 11 is 0. The molecule has 10 nitrogen and oxygen atoms in total. The number of amides is 1. The Hall–Kier alpha value is -4.38. The van der Waals surface area contributed by atoms with E-state index in [1.54, 1.807) is 51.5 Å².